The Kier molecular flexibility index (Phi) is 3.78. The zero-order valence-electron chi connectivity index (χ0n) is 13.7. The molecular weight excluding hydrogens is 356 g/mol. The second-order valence-corrected chi connectivity index (χ2v) is 10.5. The third kappa shape index (κ3) is 2.94. The Morgan fingerprint density at radius 2 is 1.70 bits per heavy atom. The van der Waals surface area contributed by atoms with Crippen molar-refractivity contribution in [3.05, 3.63) is 0 Å². The SMILES string of the molecule is NC(=O)C1CCN(C(=O)CC23C[C@@H]4C[C@@H](CC(Br)(C4)C2)C3)CC1. The first kappa shape index (κ1) is 15.9. The summed E-state index contributed by atoms with van der Waals surface area (Å²) in [4.78, 5) is 26.1. The normalized spacial score (nSPS) is 42.9. The van der Waals surface area contributed by atoms with Gasteiger partial charge in [0.25, 0.3) is 0 Å². The lowest BCUT2D eigenvalue weighted by Gasteiger charge is -2.60. The molecule has 0 aromatic rings. The van der Waals surface area contributed by atoms with E-state index in [1.165, 1.54) is 38.5 Å². The van der Waals surface area contributed by atoms with Gasteiger partial charge in [0.1, 0.15) is 0 Å². The molecule has 5 aliphatic rings. The van der Waals surface area contributed by atoms with E-state index in [0.717, 1.165) is 24.7 Å². The maximum Gasteiger partial charge on any atom is 0.223 e. The molecule has 23 heavy (non-hydrogen) atoms. The van der Waals surface area contributed by atoms with Crippen molar-refractivity contribution in [2.45, 2.75) is 62.1 Å². The van der Waals surface area contributed by atoms with Crippen LogP contribution in [0.15, 0.2) is 0 Å². The Morgan fingerprint density at radius 1 is 1.09 bits per heavy atom. The second-order valence-electron chi connectivity index (χ2n) is 8.85. The van der Waals surface area contributed by atoms with Crippen molar-refractivity contribution in [3.8, 4) is 0 Å². The summed E-state index contributed by atoms with van der Waals surface area (Å²) in [6.45, 7) is 1.41. The van der Waals surface area contributed by atoms with E-state index in [2.05, 4.69) is 15.9 Å². The fourth-order valence-corrected chi connectivity index (χ4v) is 7.90. The lowest BCUT2D eigenvalue weighted by molar-refractivity contribution is -0.141. The number of carbonyl (C=O) groups is 2. The molecule has 4 atom stereocenters. The van der Waals surface area contributed by atoms with Crippen LogP contribution in [0, 0.1) is 23.2 Å². The highest BCUT2D eigenvalue weighted by molar-refractivity contribution is 9.10. The Labute approximate surface area is 146 Å². The first-order chi connectivity index (χ1) is 10.9. The van der Waals surface area contributed by atoms with Gasteiger partial charge in [-0.25, -0.2) is 0 Å². The summed E-state index contributed by atoms with van der Waals surface area (Å²) in [7, 11) is 0. The van der Waals surface area contributed by atoms with Gasteiger partial charge in [0.05, 0.1) is 0 Å². The number of hydrogen-bond donors (Lipinski definition) is 1. The average Bonchev–Trinajstić information content (AvgIpc) is 2.44. The van der Waals surface area contributed by atoms with Gasteiger partial charge >= 0.3 is 0 Å². The Balaban J connectivity index is 1.40. The summed E-state index contributed by atoms with van der Waals surface area (Å²) in [6, 6.07) is 0. The zero-order chi connectivity index (χ0) is 16.2. The van der Waals surface area contributed by atoms with Crippen molar-refractivity contribution >= 4 is 27.7 Å². The predicted molar refractivity (Wildman–Crippen MR) is 91.9 cm³/mol. The molecule has 2 N–H and O–H groups in total. The number of carbonyl (C=O) groups excluding carboxylic acids is 2. The minimum absolute atomic E-state index is 0.0376. The maximum absolute atomic E-state index is 12.9. The molecule has 128 valence electrons. The second kappa shape index (κ2) is 5.47. The van der Waals surface area contributed by atoms with Crippen molar-refractivity contribution < 1.29 is 9.59 Å². The monoisotopic (exact) mass is 382 g/mol. The van der Waals surface area contributed by atoms with Gasteiger partial charge in [0.2, 0.25) is 11.8 Å². The molecule has 4 saturated carbocycles. The summed E-state index contributed by atoms with van der Waals surface area (Å²) in [5, 5.41) is 0. The van der Waals surface area contributed by atoms with Crippen LogP contribution in [-0.2, 0) is 9.59 Å². The first-order valence-electron chi connectivity index (χ1n) is 9.13. The molecule has 2 unspecified atom stereocenters. The number of alkyl halides is 1. The van der Waals surface area contributed by atoms with Crippen LogP contribution in [0.2, 0.25) is 0 Å². The molecule has 0 radical (unpaired) electrons. The number of rotatable bonds is 3. The van der Waals surface area contributed by atoms with Gasteiger partial charge in [-0.2, -0.15) is 0 Å². The van der Waals surface area contributed by atoms with Crippen LogP contribution in [0.5, 0.6) is 0 Å². The molecule has 0 aromatic heterocycles. The number of likely N-dealkylation sites (tertiary alicyclic amines) is 1. The Bertz CT molecular complexity index is 513. The van der Waals surface area contributed by atoms with Gasteiger partial charge in [0.15, 0.2) is 0 Å². The van der Waals surface area contributed by atoms with E-state index >= 15 is 0 Å². The highest BCUT2D eigenvalue weighted by Gasteiger charge is 2.57. The lowest BCUT2D eigenvalue weighted by atomic mass is 9.48. The Morgan fingerprint density at radius 3 is 2.22 bits per heavy atom. The topological polar surface area (TPSA) is 63.4 Å². The van der Waals surface area contributed by atoms with Crippen LogP contribution in [-0.4, -0.2) is 34.1 Å². The van der Waals surface area contributed by atoms with E-state index < -0.39 is 0 Å². The van der Waals surface area contributed by atoms with E-state index in [9.17, 15) is 9.59 Å². The molecule has 2 amide bonds. The fourth-order valence-electron chi connectivity index (χ4n) is 6.39. The van der Waals surface area contributed by atoms with Crippen molar-refractivity contribution in [2.24, 2.45) is 28.9 Å². The van der Waals surface area contributed by atoms with Crippen LogP contribution in [0.25, 0.3) is 0 Å². The molecular formula is C18H27BrN2O2. The molecule has 5 heteroatoms. The largest absolute Gasteiger partial charge is 0.369 e. The number of primary amides is 1. The van der Waals surface area contributed by atoms with E-state index in [0.29, 0.717) is 29.7 Å². The Hall–Kier alpha value is -0.580. The highest BCUT2D eigenvalue weighted by Crippen LogP contribution is 2.65. The summed E-state index contributed by atoms with van der Waals surface area (Å²) in [6.07, 6.45) is 9.87. The molecule has 0 aromatic carbocycles. The zero-order valence-corrected chi connectivity index (χ0v) is 15.3. The van der Waals surface area contributed by atoms with Crippen molar-refractivity contribution in [2.75, 3.05) is 13.1 Å². The standard InChI is InChI=1S/C18H27BrN2O2/c19-18-8-12-5-13(9-18)7-17(6-12,11-18)10-15(22)21-3-1-14(2-4-21)16(20)23/h12-14H,1-11H2,(H2,20,23)/t12-,13+,17?,18?. The van der Waals surface area contributed by atoms with Gasteiger partial charge in [-0.1, -0.05) is 15.9 Å². The average molecular weight is 383 g/mol. The van der Waals surface area contributed by atoms with Crippen molar-refractivity contribution in [1.82, 2.24) is 4.90 Å². The van der Waals surface area contributed by atoms with Gasteiger partial charge in [-0.05, 0) is 68.6 Å². The number of nitrogens with two attached hydrogens (primary N) is 1. The molecule has 5 fully saturated rings. The summed E-state index contributed by atoms with van der Waals surface area (Å²) in [5.74, 6) is 1.71. The number of amides is 2. The molecule has 1 heterocycles. The third-order valence-electron chi connectivity index (χ3n) is 6.89. The van der Waals surface area contributed by atoms with Gasteiger partial charge in [-0.15, -0.1) is 0 Å². The maximum atomic E-state index is 12.9. The lowest BCUT2D eigenvalue weighted by Crippen LogP contribution is -2.54. The van der Waals surface area contributed by atoms with Crippen LogP contribution < -0.4 is 5.73 Å². The molecule has 1 saturated heterocycles. The number of hydrogen-bond acceptors (Lipinski definition) is 2. The van der Waals surface area contributed by atoms with Crippen LogP contribution in [0.3, 0.4) is 0 Å². The molecule has 4 nitrogen and oxygen atoms in total. The van der Waals surface area contributed by atoms with E-state index in [1.54, 1.807) is 0 Å². The summed E-state index contributed by atoms with van der Waals surface area (Å²) < 4.78 is 0.316. The minimum atomic E-state index is -0.209. The first-order valence-corrected chi connectivity index (χ1v) is 9.92. The van der Waals surface area contributed by atoms with Crippen molar-refractivity contribution in [3.63, 3.8) is 0 Å². The third-order valence-corrected chi connectivity index (χ3v) is 7.81. The summed E-state index contributed by atoms with van der Waals surface area (Å²) in [5.41, 5.74) is 5.63. The van der Waals surface area contributed by atoms with Gasteiger partial charge in [-0.3, -0.25) is 9.59 Å². The van der Waals surface area contributed by atoms with E-state index in [-0.39, 0.29) is 17.2 Å². The van der Waals surface area contributed by atoms with E-state index in [4.69, 9.17) is 5.73 Å². The summed E-state index contributed by atoms with van der Waals surface area (Å²) >= 11 is 4.03. The smallest absolute Gasteiger partial charge is 0.223 e. The van der Waals surface area contributed by atoms with Gasteiger partial charge in [0, 0.05) is 29.8 Å². The highest BCUT2D eigenvalue weighted by atomic mass is 79.9. The number of nitrogens with zero attached hydrogens (tertiary/aromatic N) is 1. The molecule has 4 bridgehead atoms. The van der Waals surface area contributed by atoms with Crippen LogP contribution in [0.1, 0.15) is 57.8 Å². The minimum Gasteiger partial charge on any atom is -0.369 e. The van der Waals surface area contributed by atoms with Gasteiger partial charge < -0.3 is 10.6 Å². The molecule has 5 rings (SSSR count). The predicted octanol–water partition coefficient (Wildman–Crippen LogP) is 2.83. The molecule has 4 aliphatic carbocycles. The van der Waals surface area contributed by atoms with Crippen LogP contribution in [0.4, 0.5) is 0 Å². The van der Waals surface area contributed by atoms with Crippen molar-refractivity contribution in [1.29, 1.82) is 0 Å². The molecule has 0 spiro atoms. The van der Waals surface area contributed by atoms with E-state index in [1.807, 2.05) is 4.90 Å². The fraction of sp³-hybridized carbons (Fsp3) is 0.889. The molecule has 1 aliphatic heterocycles. The van der Waals surface area contributed by atoms with Crippen LogP contribution >= 0.6 is 15.9 Å². The number of piperidine rings is 1. The number of halogens is 1. The quantitative estimate of drug-likeness (QED) is 0.762.